The smallest absolute Gasteiger partial charge is 0.379 e. The number of carbonyl (C=O) groups is 1. The molecule has 0 radical (unpaired) electrons. The number of alkyl halides is 2. The first-order valence-electron chi connectivity index (χ1n) is 6.01. The third-order valence-corrected chi connectivity index (χ3v) is 3.07. The van der Waals surface area contributed by atoms with Crippen molar-refractivity contribution in [3.05, 3.63) is 35.4 Å². The molecule has 0 spiro atoms. The zero-order chi connectivity index (χ0) is 13.9. The van der Waals surface area contributed by atoms with Crippen molar-refractivity contribution < 1.29 is 23.4 Å². The Kier molecular flexibility index (Phi) is 4.11. The van der Waals surface area contributed by atoms with Crippen molar-refractivity contribution >= 4 is 5.97 Å². The topological polar surface area (TPSA) is 49.8 Å². The van der Waals surface area contributed by atoms with Crippen molar-refractivity contribution in [2.24, 2.45) is 0 Å². The van der Waals surface area contributed by atoms with Crippen LogP contribution in [0.5, 0.6) is 0 Å². The summed E-state index contributed by atoms with van der Waals surface area (Å²) in [5.41, 5.74) is 0.200. The molecule has 1 aliphatic heterocycles. The van der Waals surface area contributed by atoms with Crippen LogP contribution in [0.15, 0.2) is 24.3 Å². The van der Waals surface area contributed by atoms with E-state index in [0.717, 1.165) is 19.2 Å². The number of morpholine rings is 1. The molecule has 0 bridgehead atoms. The van der Waals surface area contributed by atoms with Gasteiger partial charge >= 0.3 is 11.9 Å². The first-order valence-corrected chi connectivity index (χ1v) is 6.01. The number of rotatable bonds is 4. The van der Waals surface area contributed by atoms with Crippen molar-refractivity contribution in [2.75, 3.05) is 26.3 Å². The highest BCUT2D eigenvalue weighted by Gasteiger charge is 2.41. The second kappa shape index (κ2) is 5.63. The van der Waals surface area contributed by atoms with Crippen molar-refractivity contribution in [3.63, 3.8) is 0 Å². The fourth-order valence-corrected chi connectivity index (χ4v) is 2.01. The van der Waals surface area contributed by atoms with Crippen molar-refractivity contribution in [1.29, 1.82) is 0 Å². The molecule has 2 rings (SSSR count). The van der Waals surface area contributed by atoms with Crippen LogP contribution in [0.4, 0.5) is 8.78 Å². The van der Waals surface area contributed by atoms with Gasteiger partial charge in [-0.2, -0.15) is 8.78 Å². The third-order valence-electron chi connectivity index (χ3n) is 3.07. The molecule has 1 aromatic carbocycles. The van der Waals surface area contributed by atoms with E-state index < -0.39 is 17.5 Å². The van der Waals surface area contributed by atoms with E-state index in [2.05, 4.69) is 4.90 Å². The van der Waals surface area contributed by atoms with Gasteiger partial charge in [0.15, 0.2) is 0 Å². The molecule has 1 heterocycles. The Hall–Kier alpha value is -1.53. The lowest BCUT2D eigenvalue weighted by atomic mass is 10.0. The van der Waals surface area contributed by atoms with Gasteiger partial charge in [0.1, 0.15) is 0 Å². The zero-order valence-corrected chi connectivity index (χ0v) is 10.3. The average Bonchev–Trinajstić information content (AvgIpc) is 2.40. The molecule has 0 saturated carbocycles. The molecule has 6 heteroatoms. The highest BCUT2D eigenvalue weighted by Crippen LogP contribution is 2.28. The molecule has 1 saturated heterocycles. The van der Waals surface area contributed by atoms with Crippen LogP contribution in [0, 0.1) is 0 Å². The van der Waals surface area contributed by atoms with Crippen LogP contribution in [0.25, 0.3) is 0 Å². The van der Waals surface area contributed by atoms with Crippen molar-refractivity contribution in [3.8, 4) is 0 Å². The lowest BCUT2D eigenvalue weighted by Gasteiger charge is -2.26. The third kappa shape index (κ3) is 3.27. The van der Waals surface area contributed by atoms with Gasteiger partial charge in [0, 0.05) is 25.2 Å². The van der Waals surface area contributed by atoms with E-state index in [1.54, 1.807) is 6.07 Å². The summed E-state index contributed by atoms with van der Waals surface area (Å²) in [5, 5.41) is 8.53. The van der Waals surface area contributed by atoms with Crippen LogP contribution < -0.4 is 0 Å². The Morgan fingerprint density at radius 2 is 2.05 bits per heavy atom. The molecule has 1 fully saturated rings. The first-order chi connectivity index (χ1) is 9.00. The lowest BCUT2D eigenvalue weighted by Crippen LogP contribution is -2.35. The number of benzene rings is 1. The normalized spacial score (nSPS) is 17.4. The highest BCUT2D eigenvalue weighted by molar-refractivity contribution is 5.77. The first kappa shape index (κ1) is 13.9. The van der Waals surface area contributed by atoms with E-state index in [1.165, 1.54) is 12.1 Å². The molecule has 0 aromatic heterocycles. The summed E-state index contributed by atoms with van der Waals surface area (Å²) in [5.74, 6) is -5.97. The van der Waals surface area contributed by atoms with E-state index in [9.17, 15) is 13.6 Å². The van der Waals surface area contributed by atoms with Gasteiger partial charge in [-0.05, 0) is 11.6 Å². The highest BCUT2D eigenvalue weighted by atomic mass is 19.3. The van der Waals surface area contributed by atoms with E-state index in [-0.39, 0.29) is 0 Å². The predicted molar refractivity (Wildman–Crippen MR) is 64.1 cm³/mol. The summed E-state index contributed by atoms with van der Waals surface area (Å²) < 4.78 is 32.0. The molecule has 0 amide bonds. The molecule has 104 valence electrons. The van der Waals surface area contributed by atoms with Gasteiger partial charge in [-0.15, -0.1) is 0 Å². The minimum atomic E-state index is -3.85. The van der Waals surface area contributed by atoms with Crippen LogP contribution in [0.2, 0.25) is 0 Å². The largest absolute Gasteiger partial charge is 0.477 e. The molecule has 1 aromatic rings. The van der Waals surface area contributed by atoms with Crippen molar-refractivity contribution in [2.45, 2.75) is 12.5 Å². The summed E-state index contributed by atoms with van der Waals surface area (Å²) in [6, 6.07) is 5.57. The van der Waals surface area contributed by atoms with E-state index >= 15 is 0 Å². The molecule has 0 unspecified atom stereocenters. The Morgan fingerprint density at radius 1 is 1.37 bits per heavy atom. The molecule has 1 N–H and O–H groups in total. The van der Waals surface area contributed by atoms with Crippen LogP contribution in [-0.2, 0) is 22.0 Å². The number of hydrogen-bond acceptors (Lipinski definition) is 3. The molecule has 0 atom stereocenters. The quantitative estimate of drug-likeness (QED) is 0.905. The molecule has 19 heavy (non-hydrogen) atoms. The van der Waals surface area contributed by atoms with Gasteiger partial charge in [0.25, 0.3) is 0 Å². The summed E-state index contributed by atoms with van der Waals surface area (Å²) in [6.07, 6.45) is 0. The van der Waals surface area contributed by atoms with Crippen LogP contribution in [0.3, 0.4) is 0 Å². The molecule has 1 aliphatic rings. The number of halogens is 2. The number of hydrogen-bond donors (Lipinski definition) is 1. The Labute approximate surface area is 109 Å². The summed E-state index contributed by atoms with van der Waals surface area (Å²) in [6.45, 7) is 3.28. The lowest BCUT2D eigenvalue weighted by molar-refractivity contribution is -0.166. The standard InChI is InChI=1S/C13H15F2NO3/c14-13(15,12(17)18)11-3-1-2-10(8-11)9-16-4-6-19-7-5-16/h1-3,8H,4-7,9H2,(H,17,18). The second-order valence-electron chi connectivity index (χ2n) is 4.47. The summed E-state index contributed by atoms with van der Waals surface area (Å²) in [4.78, 5) is 12.6. The fourth-order valence-electron chi connectivity index (χ4n) is 2.01. The Bertz CT molecular complexity index is 459. The predicted octanol–water partition coefficient (Wildman–Crippen LogP) is 1.70. The second-order valence-corrected chi connectivity index (χ2v) is 4.47. The number of ether oxygens (including phenoxy) is 1. The van der Waals surface area contributed by atoms with E-state index in [0.29, 0.717) is 25.3 Å². The van der Waals surface area contributed by atoms with Crippen LogP contribution in [0.1, 0.15) is 11.1 Å². The summed E-state index contributed by atoms with van der Waals surface area (Å²) in [7, 11) is 0. The average molecular weight is 271 g/mol. The minimum absolute atomic E-state index is 0.481. The molecular weight excluding hydrogens is 256 g/mol. The summed E-state index contributed by atoms with van der Waals surface area (Å²) >= 11 is 0. The van der Waals surface area contributed by atoms with E-state index in [4.69, 9.17) is 9.84 Å². The van der Waals surface area contributed by atoms with Gasteiger partial charge in [0.2, 0.25) is 0 Å². The maximum Gasteiger partial charge on any atom is 0.379 e. The maximum absolute atomic E-state index is 13.4. The minimum Gasteiger partial charge on any atom is -0.477 e. The Morgan fingerprint density at radius 3 is 2.68 bits per heavy atom. The molecule has 0 aliphatic carbocycles. The SMILES string of the molecule is O=C(O)C(F)(F)c1cccc(CN2CCOCC2)c1. The zero-order valence-electron chi connectivity index (χ0n) is 10.3. The van der Waals surface area contributed by atoms with Gasteiger partial charge in [-0.25, -0.2) is 4.79 Å². The number of carboxylic acids is 1. The maximum atomic E-state index is 13.4. The van der Waals surface area contributed by atoms with Crippen molar-refractivity contribution in [1.82, 2.24) is 4.90 Å². The number of nitrogens with zero attached hydrogens (tertiary/aromatic N) is 1. The van der Waals surface area contributed by atoms with Gasteiger partial charge in [0.05, 0.1) is 13.2 Å². The monoisotopic (exact) mass is 271 g/mol. The van der Waals surface area contributed by atoms with Crippen LogP contribution in [-0.4, -0.2) is 42.3 Å². The number of carboxylic acid groups (broad SMARTS) is 1. The van der Waals surface area contributed by atoms with Gasteiger partial charge in [-0.1, -0.05) is 18.2 Å². The van der Waals surface area contributed by atoms with Gasteiger partial charge < -0.3 is 9.84 Å². The molecule has 4 nitrogen and oxygen atoms in total. The van der Waals surface area contributed by atoms with Crippen LogP contribution >= 0.6 is 0 Å². The Balaban J connectivity index is 2.12. The van der Waals surface area contributed by atoms with Gasteiger partial charge in [-0.3, -0.25) is 4.90 Å². The molecular formula is C13H15F2NO3. The van der Waals surface area contributed by atoms with E-state index in [1.807, 2.05) is 0 Å². The number of aliphatic carboxylic acids is 1. The fraction of sp³-hybridized carbons (Fsp3) is 0.462.